The molecule has 0 bridgehead atoms. The summed E-state index contributed by atoms with van der Waals surface area (Å²) in [5.74, 6) is 0. The van der Waals surface area contributed by atoms with E-state index in [1.165, 1.54) is 31.8 Å². The van der Waals surface area contributed by atoms with Gasteiger partial charge in [-0.2, -0.15) is 0 Å². The molecule has 108 valence electrons. The smallest absolute Gasteiger partial charge is 0.291 e. The molecular formula is C12H11N5O4. The highest BCUT2D eigenvalue weighted by molar-refractivity contribution is 5.88. The highest BCUT2D eigenvalue weighted by atomic mass is 16.2. The van der Waals surface area contributed by atoms with E-state index in [0.717, 1.165) is 9.13 Å². The third-order valence-electron chi connectivity index (χ3n) is 3.49. The van der Waals surface area contributed by atoms with Crippen LogP contribution in [0.1, 0.15) is 0 Å². The number of nitrogens with one attached hydrogen (secondary N) is 1. The Hall–Kier alpha value is -2.97. The van der Waals surface area contributed by atoms with Crippen LogP contribution in [-0.4, -0.2) is 23.7 Å². The van der Waals surface area contributed by atoms with Crippen LogP contribution in [0.25, 0.3) is 22.1 Å². The first-order valence-corrected chi connectivity index (χ1v) is 6.02. The summed E-state index contributed by atoms with van der Waals surface area (Å²) in [6, 6.07) is 1.34. The fourth-order valence-corrected chi connectivity index (χ4v) is 2.22. The molecule has 0 aromatic carbocycles. The minimum Gasteiger partial charge on any atom is -0.291 e. The molecule has 3 aromatic rings. The van der Waals surface area contributed by atoms with Crippen molar-refractivity contribution < 1.29 is 0 Å². The van der Waals surface area contributed by atoms with Crippen LogP contribution in [0.3, 0.4) is 0 Å². The first-order valence-electron chi connectivity index (χ1n) is 6.02. The van der Waals surface area contributed by atoms with E-state index in [1.807, 2.05) is 0 Å². The zero-order valence-electron chi connectivity index (χ0n) is 11.5. The Bertz CT molecular complexity index is 1150. The van der Waals surface area contributed by atoms with Gasteiger partial charge in [0.25, 0.3) is 11.1 Å². The maximum atomic E-state index is 12.1. The van der Waals surface area contributed by atoms with Crippen molar-refractivity contribution in [3.63, 3.8) is 0 Å². The van der Waals surface area contributed by atoms with Gasteiger partial charge in [-0.05, 0) is 6.07 Å². The van der Waals surface area contributed by atoms with Crippen LogP contribution < -0.4 is 22.5 Å². The predicted octanol–water partition coefficient (Wildman–Crippen LogP) is -1.83. The lowest BCUT2D eigenvalue weighted by Gasteiger charge is -2.07. The van der Waals surface area contributed by atoms with Crippen LogP contribution in [0, 0.1) is 0 Å². The van der Waals surface area contributed by atoms with E-state index >= 15 is 0 Å². The molecule has 3 rings (SSSR count). The first kappa shape index (κ1) is 13.0. The predicted molar refractivity (Wildman–Crippen MR) is 75.6 cm³/mol. The van der Waals surface area contributed by atoms with Crippen LogP contribution in [0.15, 0.2) is 25.2 Å². The van der Waals surface area contributed by atoms with Gasteiger partial charge in [0.2, 0.25) is 0 Å². The van der Waals surface area contributed by atoms with Crippen molar-refractivity contribution in [3.8, 4) is 0 Å². The second kappa shape index (κ2) is 4.01. The zero-order chi connectivity index (χ0) is 15.5. The Morgan fingerprint density at radius 2 is 1.52 bits per heavy atom. The number of fused-ring (bicyclic) bond motifs is 2. The lowest BCUT2D eigenvalue weighted by molar-refractivity contribution is 0.708. The highest BCUT2D eigenvalue weighted by Gasteiger charge is 2.13. The molecule has 0 radical (unpaired) electrons. The summed E-state index contributed by atoms with van der Waals surface area (Å²) in [5.41, 5.74) is -2.10. The summed E-state index contributed by atoms with van der Waals surface area (Å²) in [6.07, 6.45) is 0. The Labute approximate surface area is 115 Å². The lowest BCUT2D eigenvalue weighted by Crippen LogP contribution is -2.38. The molecule has 3 heterocycles. The molecule has 0 saturated heterocycles. The van der Waals surface area contributed by atoms with Crippen molar-refractivity contribution in [2.24, 2.45) is 21.1 Å². The van der Waals surface area contributed by atoms with Crippen molar-refractivity contribution in [2.75, 3.05) is 0 Å². The van der Waals surface area contributed by atoms with E-state index in [9.17, 15) is 19.2 Å². The minimum atomic E-state index is -0.617. The summed E-state index contributed by atoms with van der Waals surface area (Å²) in [4.78, 5) is 54.2. The molecule has 3 aromatic heterocycles. The summed E-state index contributed by atoms with van der Waals surface area (Å²) >= 11 is 0. The Morgan fingerprint density at radius 3 is 2.19 bits per heavy atom. The zero-order valence-corrected chi connectivity index (χ0v) is 11.5. The molecule has 9 nitrogen and oxygen atoms in total. The van der Waals surface area contributed by atoms with Gasteiger partial charge in [0.1, 0.15) is 5.65 Å². The second-order valence-corrected chi connectivity index (χ2v) is 4.76. The number of rotatable bonds is 0. The number of hydrogen-bond acceptors (Lipinski definition) is 5. The first-order chi connectivity index (χ1) is 9.82. The Balaban J connectivity index is 2.73. The molecular weight excluding hydrogens is 278 g/mol. The third-order valence-corrected chi connectivity index (χ3v) is 3.49. The van der Waals surface area contributed by atoms with Gasteiger partial charge in [-0.1, -0.05) is 0 Å². The van der Waals surface area contributed by atoms with Crippen molar-refractivity contribution >= 4 is 22.1 Å². The maximum absolute atomic E-state index is 12.1. The van der Waals surface area contributed by atoms with Crippen molar-refractivity contribution in [1.82, 2.24) is 23.7 Å². The van der Waals surface area contributed by atoms with Gasteiger partial charge in [0.05, 0.1) is 10.8 Å². The Kier molecular flexibility index (Phi) is 2.49. The second-order valence-electron chi connectivity index (χ2n) is 4.76. The summed E-state index contributed by atoms with van der Waals surface area (Å²) in [5, 5.41) is 0.247. The van der Waals surface area contributed by atoms with E-state index in [0.29, 0.717) is 0 Å². The molecule has 0 aliphatic heterocycles. The molecule has 1 N–H and O–H groups in total. The molecule has 0 amide bonds. The molecule has 9 heteroatoms. The summed E-state index contributed by atoms with van der Waals surface area (Å²) in [7, 11) is 4.13. The van der Waals surface area contributed by atoms with Gasteiger partial charge < -0.3 is 0 Å². The number of pyridine rings is 1. The standard InChI is InChI=1S/C12H11N5O4/c1-15-8-6(10(19)17(3)12(15)21)4-5-7(13-8)14-11(20)16(2)9(5)18/h4H,1-3H3,(H,13,14,20). The molecule has 0 unspecified atom stereocenters. The monoisotopic (exact) mass is 289 g/mol. The Morgan fingerprint density at radius 1 is 0.905 bits per heavy atom. The number of aromatic amines is 1. The van der Waals surface area contributed by atoms with Crippen LogP contribution >= 0.6 is 0 Å². The van der Waals surface area contributed by atoms with Gasteiger partial charge in [-0.3, -0.25) is 28.3 Å². The van der Waals surface area contributed by atoms with Gasteiger partial charge >= 0.3 is 11.4 Å². The fourth-order valence-electron chi connectivity index (χ4n) is 2.22. The van der Waals surface area contributed by atoms with Gasteiger partial charge in [0, 0.05) is 21.1 Å². The minimum absolute atomic E-state index is 0.0406. The fraction of sp³-hybridized carbons (Fsp3) is 0.250. The number of hydrogen-bond donors (Lipinski definition) is 1. The van der Waals surface area contributed by atoms with Crippen molar-refractivity contribution in [3.05, 3.63) is 47.7 Å². The maximum Gasteiger partial charge on any atom is 0.332 e. The average molecular weight is 289 g/mol. The van der Waals surface area contributed by atoms with E-state index in [-0.39, 0.29) is 22.1 Å². The third kappa shape index (κ3) is 1.60. The van der Waals surface area contributed by atoms with E-state index in [1.54, 1.807) is 0 Å². The van der Waals surface area contributed by atoms with Gasteiger partial charge in [-0.15, -0.1) is 0 Å². The number of nitrogens with zero attached hydrogens (tertiary/aromatic N) is 4. The quantitative estimate of drug-likeness (QED) is 0.489. The summed E-state index contributed by atoms with van der Waals surface area (Å²) < 4.78 is 3.01. The van der Waals surface area contributed by atoms with Crippen molar-refractivity contribution in [2.45, 2.75) is 0 Å². The molecule has 21 heavy (non-hydrogen) atoms. The topological polar surface area (TPSA) is 112 Å². The molecule has 0 saturated carbocycles. The van der Waals surface area contributed by atoms with Gasteiger partial charge in [-0.25, -0.2) is 14.6 Å². The number of aryl methyl sites for hydroxylation is 1. The van der Waals surface area contributed by atoms with Crippen LogP contribution in [0.5, 0.6) is 0 Å². The van der Waals surface area contributed by atoms with Crippen LogP contribution in [-0.2, 0) is 21.1 Å². The lowest BCUT2D eigenvalue weighted by atomic mass is 10.2. The van der Waals surface area contributed by atoms with Crippen LogP contribution in [0.4, 0.5) is 0 Å². The normalized spacial score (nSPS) is 11.4. The molecule has 0 aliphatic rings. The van der Waals surface area contributed by atoms with Gasteiger partial charge in [0.15, 0.2) is 5.65 Å². The molecule has 0 atom stereocenters. The largest absolute Gasteiger partial charge is 0.332 e. The molecule has 0 spiro atoms. The van der Waals surface area contributed by atoms with E-state index in [2.05, 4.69) is 9.97 Å². The summed E-state index contributed by atoms with van der Waals surface area (Å²) in [6.45, 7) is 0. The van der Waals surface area contributed by atoms with Crippen LogP contribution in [0.2, 0.25) is 0 Å². The molecule has 0 fully saturated rings. The number of aromatic nitrogens is 5. The SMILES string of the molecule is Cn1c(=O)[nH]c2nc3c(cc2c1=O)c(=O)n(C)c(=O)n3C. The molecule has 0 aliphatic carbocycles. The van der Waals surface area contributed by atoms with E-state index < -0.39 is 22.5 Å². The number of H-pyrrole nitrogens is 1. The average Bonchev–Trinajstić information content (AvgIpc) is 2.47. The van der Waals surface area contributed by atoms with E-state index in [4.69, 9.17) is 0 Å². The highest BCUT2D eigenvalue weighted by Crippen LogP contribution is 2.09. The van der Waals surface area contributed by atoms with Crippen molar-refractivity contribution in [1.29, 1.82) is 0 Å².